The van der Waals surface area contributed by atoms with Gasteiger partial charge in [0, 0.05) is 0 Å². The molecule has 0 atom stereocenters. The molecule has 0 unspecified atom stereocenters. The molecule has 1 aromatic carbocycles. The van der Waals surface area contributed by atoms with E-state index < -0.39 is 0 Å². The largest absolute Gasteiger partial charge is 0.492 e. The first-order valence-corrected chi connectivity index (χ1v) is 4.72. The van der Waals surface area contributed by atoms with Crippen LogP contribution in [0, 0.1) is 0 Å². The van der Waals surface area contributed by atoms with Gasteiger partial charge >= 0.3 is 0 Å². The number of hydrogen-bond acceptors (Lipinski definition) is 3. The molecule has 0 saturated carbocycles. The van der Waals surface area contributed by atoms with Gasteiger partial charge in [0.05, 0.1) is 16.6 Å². The fourth-order valence-electron chi connectivity index (χ4n) is 1.17. The topological polar surface area (TPSA) is 27.7 Å². The lowest BCUT2D eigenvalue weighted by atomic mass is 10.3. The lowest BCUT2D eigenvalue weighted by Crippen LogP contribution is -1.94. The minimum atomic E-state index is 0.182. The molecule has 13 heavy (non-hydrogen) atoms. The Kier molecular flexibility index (Phi) is 2.26. The summed E-state index contributed by atoms with van der Waals surface area (Å²) in [5, 5.41) is 0.514. The molecule has 0 spiro atoms. The van der Waals surface area contributed by atoms with Crippen molar-refractivity contribution in [3.8, 4) is 17.2 Å². The molecule has 0 bridgehead atoms. The van der Waals surface area contributed by atoms with Crippen molar-refractivity contribution >= 4 is 27.5 Å². The second-order valence-electron chi connectivity index (χ2n) is 2.44. The first-order chi connectivity index (χ1) is 6.24. The van der Waals surface area contributed by atoms with Gasteiger partial charge in [-0.15, -0.1) is 0 Å². The van der Waals surface area contributed by atoms with E-state index in [1.807, 2.05) is 0 Å². The monoisotopic (exact) mass is 264 g/mol. The summed E-state index contributed by atoms with van der Waals surface area (Å²) in [7, 11) is 1.57. The van der Waals surface area contributed by atoms with Crippen molar-refractivity contribution < 1.29 is 14.2 Å². The highest BCUT2D eigenvalue weighted by Crippen LogP contribution is 2.49. The van der Waals surface area contributed by atoms with Crippen molar-refractivity contribution in [2.24, 2.45) is 0 Å². The standard InChI is InChI=1S/C8H6BrClO3/c1-11-6-4(9)2-5(10)7-8(6)13-3-12-7/h2H,3H2,1H3. The van der Waals surface area contributed by atoms with Crippen molar-refractivity contribution in [1.29, 1.82) is 0 Å². The van der Waals surface area contributed by atoms with Crippen LogP contribution in [0.25, 0.3) is 0 Å². The van der Waals surface area contributed by atoms with E-state index >= 15 is 0 Å². The van der Waals surface area contributed by atoms with E-state index in [4.69, 9.17) is 25.8 Å². The molecule has 0 N–H and O–H groups in total. The maximum absolute atomic E-state index is 5.91. The number of fused-ring (bicyclic) bond motifs is 1. The summed E-state index contributed by atoms with van der Waals surface area (Å²) in [5.74, 6) is 1.71. The van der Waals surface area contributed by atoms with Crippen molar-refractivity contribution in [1.82, 2.24) is 0 Å². The average Bonchev–Trinajstić information content (AvgIpc) is 2.53. The minimum Gasteiger partial charge on any atom is -0.492 e. The highest BCUT2D eigenvalue weighted by molar-refractivity contribution is 9.10. The fraction of sp³-hybridized carbons (Fsp3) is 0.250. The summed E-state index contributed by atoms with van der Waals surface area (Å²) >= 11 is 9.23. The van der Waals surface area contributed by atoms with E-state index in [1.54, 1.807) is 13.2 Å². The number of ether oxygens (including phenoxy) is 3. The van der Waals surface area contributed by atoms with E-state index in [1.165, 1.54) is 0 Å². The van der Waals surface area contributed by atoms with Gasteiger partial charge in [0.1, 0.15) is 0 Å². The Morgan fingerprint density at radius 3 is 2.85 bits per heavy atom. The van der Waals surface area contributed by atoms with E-state index in [2.05, 4.69) is 15.9 Å². The molecule has 2 rings (SSSR count). The van der Waals surface area contributed by atoms with Gasteiger partial charge in [0.2, 0.25) is 12.5 Å². The van der Waals surface area contributed by atoms with Crippen LogP contribution < -0.4 is 14.2 Å². The molecular formula is C8H6BrClO3. The maximum Gasteiger partial charge on any atom is 0.231 e. The minimum absolute atomic E-state index is 0.182. The van der Waals surface area contributed by atoms with Crippen LogP contribution in [0.2, 0.25) is 5.02 Å². The first kappa shape index (κ1) is 8.97. The molecule has 5 heteroatoms. The highest BCUT2D eigenvalue weighted by Gasteiger charge is 2.24. The summed E-state index contributed by atoms with van der Waals surface area (Å²) in [6.07, 6.45) is 0. The molecule has 0 radical (unpaired) electrons. The maximum atomic E-state index is 5.91. The summed E-state index contributed by atoms with van der Waals surface area (Å²) in [6.45, 7) is 0.182. The van der Waals surface area contributed by atoms with Crippen molar-refractivity contribution in [2.75, 3.05) is 13.9 Å². The smallest absolute Gasteiger partial charge is 0.231 e. The number of halogens is 2. The van der Waals surface area contributed by atoms with Crippen LogP contribution in [0.5, 0.6) is 17.2 Å². The van der Waals surface area contributed by atoms with Crippen molar-refractivity contribution in [3.05, 3.63) is 15.6 Å². The Morgan fingerprint density at radius 2 is 2.15 bits per heavy atom. The average molecular weight is 265 g/mol. The number of rotatable bonds is 1. The van der Waals surface area contributed by atoms with Gasteiger partial charge in [-0.05, 0) is 22.0 Å². The molecule has 1 aromatic rings. The molecular weight excluding hydrogens is 259 g/mol. The van der Waals surface area contributed by atoms with Gasteiger partial charge in [-0.25, -0.2) is 0 Å². The van der Waals surface area contributed by atoms with Crippen LogP contribution >= 0.6 is 27.5 Å². The van der Waals surface area contributed by atoms with Gasteiger partial charge in [0.15, 0.2) is 11.5 Å². The quantitative estimate of drug-likeness (QED) is 0.781. The second kappa shape index (κ2) is 3.27. The summed E-state index contributed by atoms with van der Waals surface area (Å²) in [6, 6.07) is 1.72. The predicted octanol–water partition coefficient (Wildman–Crippen LogP) is 2.84. The Labute approximate surface area is 88.7 Å². The molecule has 1 heterocycles. The SMILES string of the molecule is COc1c(Br)cc(Cl)c2c1OCO2. The van der Waals surface area contributed by atoms with Gasteiger partial charge in [-0.1, -0.05) is 11.6 Å². The van der Waals surface area contributed by atoms with Crippen LogP contribution in [0.1, 0.15) is 0 Å². The van der Waals surface area contributed by atoms with Gasteiger partial charge in [-0.2, -0.15) is 0 Å². The van der Waals surface area contributed by atoms with Crippen molar-refractivity contribution in [3.63, 3.8) is 0 Å². The Balaban J connectivity index is 2.65. The third-order valence-corrected chi connectivity index (χ3v) is 2.58. The Bertz CT molecular complexity index is 354. The van der Waals surface area contributed by atoms with Crippen molar-refractivity contribution in [2.45, 2.75) is 0 Å². The molecule has 0 fully saturated rings. The normalized spacial score (nSPS) is 13.2. The number of hydrogen-bond donors (Lipinski definition) is 0. The Hall–Kier alpha value is -0.610. The predicted molar refractivity (Wildman–Crippen MR) is 51.8 cm³/mol. The van der Waals surface area contributed by atoms with Gasteiger partial charge < -0.3 is 14.2 Å². The zero-order chi connectivity index (χ0) is 9.42. The number of methoxy groups -OCH3 is 1. The van der Waals surface area contributed by atoms with Crippen LogP contribution in [-0.2, 0) is 0 Å². The summed E-state index contributed by atoms with van der Waals surface area (Å²) in [5.41, 5.74) is 0. The molecule has 3 nitrogen and oxygen atoms in total. The third-order valence-electron chi connectivity index (χ3n) is 1.71. The van der Waals surface area contributed by atoms with Crippen LogP contribution in [-0.4, -0.2) is 13.9 Å². The zero-order valence-electron chi connectivity index (χ0n) is 6.77. The fourth-order valence-corrected chi connectivity index (χ4v) is 2.12. The lowest BCUT2D eigenvalue weighted by molar-refractivity contribution is 0.171. The summed E-state index contributed by atoms with van der Waals surface area (Å²) < 4.78 is 16.3. The number of benzene rings is 1. The van der Waals surface area contributed by atoms with E-state index in [0.717, 1.165) is 4.47 Å². The Morgan fingerprint density at radius 1 is 1.46 bits per heavy atom. The zero-order valence-corrected chi connectivity index (χ0v) is 9.11. The van der Waals surface area contributed by atoms with Crippen LogP contribution in [0.3, 0.4) is 0 Å². The molecule has 0 aliphatic carbocycles. The first-order valence-electron chi connectivity index (χ1n) is 3.55. The lowest BCUT2D eigenvalue weighted by Gasteiger charge is -2.07. The summed E-state index contributed by atoms with van der Waals surface area (Å²) in [4.78, 5) is 0. The van der Waals surface area contributed by atoms with Crippen LogP contribution in [0.15, 0.2) is 10.5 Å². The molecule has 0 amide bonds. The second-order valence-corrected chi connectivity index (χ2v) is 3.70. The van der Waals surface area contributed by atoms with Gasteiger partial charge in [-0.3, -0.25) is 0 Å². The molecule has 1 aliphatic heterocycles. The van der Waals surface area contributed by atoms with E-state index in [9.17, 15) is 0 Å². The molecule has 70 valence electrons. The van der Waals surface area contributed by atoms with Crippen LogP contribution in [0.4, 0.5) is 0 Å². The van der Waals surface area contributed by atoms with Gasteiger partial charge in [0.25, 0.3) is 0 Å². The molecule has 1 aliphatic rings. The molecule has 0 saturated heterocycles. The van der Waals surface area contributed by atoms with E-state index in [-0.39, 0.29) is 6.79 Å². The van der Waals surface area contributed by atoms with E-state index in [0.29, 0.717) is 22.3 Å². The molecule has 0 aromatic heterocycles. The highest BCUT2D eigenvalue weighted by atomic mass is 79.9. The third kappa shape index (κ3) is 1.34.